The number of hydrogen-bond donors (Lipinski definition) is 0. The molecule has 0 heterocycles. The molecule has 0 unspecified atom stereocenters. The first kappa shape index (κ1) is 16.6. The molecule has 0 bridgehead atoms. The van der Waals surface area contributed by atoms with Gasteiger partial charge < -0.3 is 14.4 Å². The fourth-order valence-corrected chi connectivity index (χ4v) is 2.35. The fourth-order valence-electron chi connectivity index (χ4n) is 1.68. The van der Waals surface area contributed by atoms with Crippen LogP contribution in [0.2, 0.25) is 0 Å². The van der Waals surface area contributed by atoms with Crippen molar-refractivity contribution >= 4 is 28.5 Å². The topological polar surface area (TPSA) is 62.6 Å². The van der Waals surface area contributed by atoms with E-state index in [1.165, 1.54) is 7.11 Å². The van der Waals surface area contributed by atoms with E-state index in [9.17, 15) is 4.79 Å². The zero-order chi connectivity index (χ0) is 15.3. The lowest BCUT2D eigenvalue weighted by molar-refractivity contribution is 0.0744. The molecule has 0 saturated carbocycles. The van der Waals surface area contributed by atoms with E-state index in [0.717, 1.165) is 3.57 Å². The van der Waals surface area contributed by atoms with Crippen molar-refractivity contribution in [3.05, 3.63) is 21.3 Å². The predicted octanol–water partition coefficient (Wildman–Crippen LogP) is 2.68. The molecule has 6 heteroatoms. The van der Waals surface area contributed by atoms with Crippen molar-refractivity contribution < 1.29 is 14.3 Å². The standard InChI is InChI=1S/C14H17IN2O3/c1-9(5-6-16)17(2)14(18)10-7-12(19-3)13(20-4)8-11(10)15/h7-9H,5H2,1-4H3/t9-/m0/s1. The molecular weight excluding hydrogens is 371 g/mol. The summed E-state index contributed by atoms with van der Waals surface area (Å²) in [5.74, 6) is 0.955. The summed E-state index contributed by atoms with van der Waals surface area (Å²) in [5, 5.41) is 8.72. The first-order valence-electron chi connectivity index (χ1n) is 6.01. The van der Waals surface area contributed by atoms with Gasteiger partial charge in [0.05, 0.1) is 32.3 Å². The van der Waals surface area contributed by atoms with Crippen molar-refractivity contribution in [2.45, 2.75) is 19.4 Å². The Morgan fingerprint density at radius 3 is 2.45 bits per heavy atom. The lowest BCUT2D eigenvalue weighted by Gasteiger charge is -2.24. The van der Waals surface area contributed by atoms with Gasteiger partial charge in [0, 0.05) is 16.7 Å². The second kappa shape index (κ2) is 7.33. The number of amides is 1. The Morgan fingerprint density at radius 2 is 1.95 bits per heavy atom. The Kier molecular flexibility index (Phi) is 6.07. The van der Waals surface area contributed by atoms with E-state index in [4.69, 9.17) is 14.7 Å². The maximum atomic E-state index is 12.5. The largest absolute Gasteiger partial charge is 0.493 e. The minimum Gasteiger partial charge on any atom is -0.493 e. The van der Waals surface area contributed by atoms with Crippen LogP contribution < -0.4 is 9.47 Å². The Balaban J connectivity index is 3.13. The van der Waals surface area contributed by atoms with Crippen molar-refractivity contribution in [3.63, 3.8) is 0 Å². The summed E-state index contributed by atoms with van der Waals surface area (Å²) in [7, 11) is 4.77. The molecule has 0 spiro atoms. The van der Waals surface area contributed by atoms with Gasteiger partial charge in [-0.2, -0.15) is 5.26 Å². The maximum absolute atomic E-state index is 12.5. The van der Waals surface area contributed by atoms with Crippen molar-refractivity contribution in [3.8, 4) is 17.6 Å². The Labute approximate surface area is 132 Å². The summed E-state index contributed by atoms with van der Waals surface area (Å²) < 4.78 is 11.2. The number of ether oxygens (including phenoxy) is 2. The highest BCUT2D eigenvalue weighted by Gasteiger charge is 2.21. The molecule has 1 aromatic rings. The number of halogens is 1. The van der Waals surface area contributed by atoms with Crippen molar-refractivity contribution in [2.24, 2.45) is 0 Å². The summed E-state index contributed by atoms with van der Waals surface area (Å²) in [6.45, 7) is 1.84. The summed E-state index contributed by atoms with van der Waals surface area (Å²) in [6.07, 6.45) is 0.298. The Morgan fingerprint density at radius 1 is 1.40 bits per heavy atom. The summed E-state index contributed by atoms with van der Waals surface area (Å²) in [4.78, 5) is 14.0. The van der Waals surface area contributed by atoms with Gasteiger partial charge >= 0.3 is 0 Å². The van der Waals surface area contributed by atoms with Gasteiger partial charge in [0.1, 0.15) is 0 Å². The number of methoxy groups -OCH3 is 2. The van der Waals surface area contributed by atoms with Crippen molar-refractivity contribution in [1.82, 2.24) is 4.90 Å². The van der Waals surface area contributed by atoms with Crippen LogP contribution in [0.25, 0.3) is 0 Å². The Bertz CT molecular complexity index is 540. The van der Waals surface area contributed by atoms with Crippen LogP contribution in [0.3, 0.4) is 0 Å². The number of benzene rings is 1. The first-order valence-corrected chi connectivity index (χ1v) is 7.09. The zero-order valence-corrected chi connectivity index (χ0v) is 14.1. The van der Waals surface area contributed by atoms with E-state index < -0.39 is 0 Å². The van der Waals surface area contributed by atoms with E-state index in [1.807, 2.05) is 6.92 Å². The molecule has 1 atom stereocenters. The molecule has 0 fully saturated rings. The SMILES string of the molecule is COc1cc(I)c(C(=O)N(C)[C@@H](C)CC#N)cc1OC. The van der Waals surface area contributed by atoms with E-state index >= 15 is 0 Å². The third-order valence-electron chi connectivity index (χ3n) is 3.07. The maximum Gasteiger partial charge on any atom is 0.255 e. The third kappa shape index (κ3) is 3.54. The van der Waals surface area contributed by atoms with Crippen LogP contribution in [0.1, 0.15) is 23.7 Å². The van der Waals surface area contributed by atoms with Gasteiger partial charge in [0.25, 0.3) is 5.91 Å². The van der Waals surface area contributed by atoms with E-state index in [-0.39, 0.29) is 11.9 Å². The number of carbonyl (C=O) groups is 1. The smallest absolute Gasteiger partial charge is 0.255 e. The molecular formula is C14H17IN2O3. The highest BCUT2D eigenvalue weighted by Crippen LogP contribution is 2.32. The number of nitrogens with zero attached hydrogens (tertiary/aromatic N) is 2. The average molecular weight is 388 g/mol. The molecule has 0 aliphatic carbocycles. The number of nitriles is 1. The highest BCUT2D eigenvalue weighted by molar-refractivity contribution is 14.1. The van der Waals surface area contributed by atoms with Gasteiger partial charge in [-0.15, -0.1) is 0 Å². The molecule has 1 amide bonds. The number of hydrogen-bond acceptors (Lipinski definition) is 4. The number of carbonyl (C=O) groups excluding carboxylic acids is 1. The highest BCUT2D eigenvalue weighted by atomic mass is 127. The second-order valence-electron chi connectivity index (χ2n) is 4.31. The van der Waals surface area contributed by atoms with Crippen LogP contribution in [0.15, 0.2) is 12.1 Å². The van der Waals surface area contributed by atoms with Gasteiger partial charge in [0.15, 0.2) is 11.5 Å². The summed E-state index contributed by atoms with van der Waals surface area (Å²) >= 11 is 2.09. The molecule has 1 rings (SSSR count). The van der Waals surface area contributed by atoms with Crippen LogP contribution in [0, 0.1) is 14.9 Å². The monoisotopic (exact) mass is 388 g/mol. The minimum absolute atomic E-state index is 0.141. The van der Waals surface area contributed by atoms with Crippen LogP contribution in [0.4, 0.5) is 0 Å². The van der Waals surface area contributed by atoms with Gasteiger partial charge in [-0.05, 0) is 41.6 Å². The van der Waals surface area contributed by atoms with Crippen LogP contribution in [-0.2, 0) is 0 Å². The second-order valence-corrected chi connectivity index (χ2v) is 5.48. The molecule has 0 radical (unpaired) electrons. The first-order chi connectivity index (χ1) is 9.46. The minimum atomic E-state index is -0.142. The molecule has 20 heavy (non-hydrogen) atoms. The molecule has 0 saturated heterocycles. The molecule has 5 nitrogen and oxygen atoms in total. The lowest BCUT2D eigenvalue weighted by Crippen LogP contribution is -2.35. The van der Waals surface area contributed by atoms with Gasteiger partial charge in [0.2, 0.25) is 0 Å². The fraction of sp³-hybridized carbons (Fsp3) is 0.429. The predicted molar refractivity (Wildman–Crippen MR) is 84.0 cm³/mol. The molecule has 0 N–H and O–H groups in total. The van der Waals surface area contributed by atoms with E-state index in [2.05, 4.69) is 28.7 Å². The molecule has 0 aromatic heterocycles. The van der Waals surface area contributed by atoms with E-state index in [0.29, 0.717) is 23.5 Å². The van der Waals surface area contributed by atoms with Gasteiger partial charge in [-0.25, -0.2) is 0 Å². The third-order valence-corrected chi connectivity index (χ3v) is 3.96. The Hall–Kier alpha value is -1.49. The molecule has 0 aliphatic heterocycles. The van der Waals surface area contributed by atoms with Crippen LogP contribution in [-0.4, -0.2) is 38.1 Å². The quantitative estimate of drug-likeness (QED) is 0.728. The lowest BCUT2D eigenvalue weighted by atomic mass is 10.1. The number of rotatable bonds is 5. The van der Waals surface area contributed by atoms with Crippen LogP contribution in [0.5, 0.6) is 11.5 Å². The normalized spacial score (nSPS) is 11.4. The average Bonchev–Trinajstić information content (AvgIpc) is 2.45. The zero-order valence-electron chi connectivity index (χ0n) is 11.9. The molecule has 1 aromatic carbocycles. The van der Waals surface area contributed by atoms with Gasteiger partial charge in [-0.3, -0.25) is 4.79 Å². The van der Waals surface area contributed by atoms with E-state index in [1.54, 1.807) is 31.2 Å². The van der Waals surface area contributed by atoms with Crippen LogP contribution >= 0.6 is 22.6 Å². The molecule has 0 aliphatic rings. The summed E-state index contributed by atoms with van der Waals surface area (Å²) in [5.41, 5.74) is 0.538. The molecule has 108 valence electrons. The van der Waals surface area contributed by atoms with Gasteiger partial charge in [-0.1, -0.05) is 0 Å². The van der Waals surface area contributed by atoms with Crippen molar-refractivity contribution in [1.29, 1.82) is 5.26 Å². The van der Waals surface area contributed by atoms with Crippen molar-refractivity contribution in [2.75, 3.05) is 21.3 Å². The summed E-state index contributed by atoms with van der Waals surface area (Å²) in [6, 6.07) is 5.35.